The molecule has 0 aliphatic carbocycles. The Kier molecular flexibility index (Phi) is 3.29. The lowest BCUT2D eigenvalue weighted by molar-refractivity contribution is -0.139. The molecule has 21 heavy (non-hydrogen) atoms. The molecule has 0 spiro atoms. The number of carbonyl (C=O) groups excluding carboxylic acids is 1. The zero-order valence-electron chi connectivity index (χ0n) is 11.1. The molecular formula is C17H12F2O2. The highest BCUT2D eigenvalue weighted by atomic mass is 19.1. The molecule has 0 bridgehead atoms. The maximum atomic E-state index is 14.0. The van der Waals surface area contributed by atoms with Gasteiger partial charge in [0.1, 0.15) is 17.7 Å². The molecule has 2 atom stereocenters. The molecule has 0 amide bonds. The minimum atomic E-state index is -0.900. The van der Waals surface area contributed by atoms with E-state index in [1.807, 2.05) is 30.3 Å². The summed E-state index contributed by atoms with van der Waals surface area (Å²) in [5, 5.41) is 0. The Bertz CT molecular complexity index is 710. The topological polar surface area (TPSA) is 26.3 Å². The molecule has 1 saturated heterocycles. The number of ether oxygens (including phenoxy) is 1. The van der Waals surface area contributed by atoms with E-state index in [0.29, 0.717) is 0 Å². The van der Waals surface area contributed by atoms with E-state index in [4.69, 9.17) is 4.74 Å². The molecule has 1 heterocycles. The zero-order chi connectivity index (χ0) is 15.0. The number of carbonyl (C=O) groups is 1. The summed E-state index contributed by atoms with van der Waals surface area (Å²) in [5.41, 5.74) is 1.05. The van der Waals surface area contributed by atoms with Crippen molar-refractivity contribution >= 4 is 5.97 Å². The quantitative estimate of drug-likeness (QED) is 0.618. The number of hydrogen-bond acceptors (Lipinski definition) is 2. The van der Waals surface area contributed by atoms with Crippen molar-refractivity contribution in [2.45, 2.75) is 12.0 Å². The molecule has 1 fully saturated rings. The van der Waals surface area contributed by atoms with Gasteiger partial charge in [-0.15, -0.1) is 0 Å². The van der Waals surface area contributed by atoms with Crippen LogP contribution in [0, 0.1) is 11.6 Å². The van der Waals surface area contributed by atoms with Crippen LogP contribution in [0.1, 0.15) is 23.1 Å². The third-order valence-electron chi connectivity index (χ3n) is 3.60. The van der Waals surface area contributed by atoms with Crippen LogP contribution in [0.15, 0.2) is 60.7 Å². The summed E-state index contributed by atoms with van der Waals surface area (Å²) in [5.74, 6) is -2.29. The van der Waals surface area contributed by atoms with Gasteiger partial charge in [-0.05, 0) is 23.8 Å². The Balaban J connectivity index is 2.10. The highest BCUT2D eigenvalue weighted by Gasteiger charge is 2.41. The summed E-state index contributed by atoms with van der Waals surface area (Å²) in [4.78, 5) is 11.8. The highest BCUT2D eigenvalue weighted by Crippen LogP contribution is 2.45. The zero-order valence-corrected chi connectivity index (χ0v) is 11.1. The second kappa shape index (κ2) is 5.13. The smallest absolute Gasteiger partial charge is 0.334 e. The minimum Gasteiger partial charge on any atom is -0.453 e. The lowest BCUT2D eigenvalue weighted by atomic mass is 9.86. The van der Waals surface area contributed by atoms with E-state index < -0.39 is 29.6 Å². The number of halogens is 2. The fraction of sp³-hybridized carbons (Fsp3) is 0.118. The Morgan fingerprint density at radius 3 is 2.48 bits per heavy atom. The first-order chi connectivity index (χ1) is 10.1. The van der Waals surface area contributed by atoms with Gasteiger partial charge >= 0.3 is 5.97 Å². The number of rotatable bonds is 2. The Labute approximate surface area is 120 Å². The van der Waals surface area contributed by atoms with Crippen molar-refractivity contribution in [2.75, 3.05) is 0 Å². The van der Waals surface area contributed by atoms with Gasteiger partial charge < -0.3 is 4.74 Å². The predicted molar refractivity (Wildman–Crippen MR) is 73.5 cm³/mol. The van der Waals surface area contributed by atoms with E-state index in [1.54, 1.807) is 0 Å². The average molecular weight is 286 g/mol. The third-order valence-corrected chi connectivity index (χ3v) is 3.60. The standard InChI is InChI=1S/C17H12F2O2/c1-10-15(11-5-3-2-4-6-11)16(21-17(10)20)13-9-12(18)7-8-14(13)19/h2-9,15-16H,1H2/t15-,16+/m0/s1. The highest BCUT2D eigenvalue weighted by molar-refractivity contribution is 5.92. The molecule has 0 aromatic heterocycles. The normalized spacial score (nSPS) is 21.4. The summed E-state index contributed by atoms with van der Waals surface area (Å²) < 4.78 is 32.6. The van der Waals surface area contributed by atoms with Crippen molar-refractivity contribution in [1.29, 1.82) is 0 Å². The molecule has 0 N–H and O–H groups in total. The van der Waals surface area contributed by atoms with Crippen LogP contribution >= 0.6 is 0 Å². The summed E-state index contributed by atoms with van der Waals surface area (Å²) >= 11 is 0. The van der Waals surface area contributed by atoms with Crippen molar-refractivity contribution < 1.29 is 18.3 Å². The summed E-state index contributed by atoms with van der Waals surface area (Å²) in [6.45, 7) is 3.73. The summed E-state index contributed by atoms with van der Waals surface area (Å²) in [7, 11) is 0. The van der Waals surface area contributed by atoms with E-state index in [1.165, 1.54) is 0 Å². The van der Waals surface area contributed by atoms with Crippen molar-refractivity contribution in [2.24, 2.45) is 0 Å². The van der Waals surface area contributed by atoms with Crippen LogP contribution in [0.25, 0.3) is 0 Å². The van der Waals surface area contributed by atoms with E-state index >= 15 is 0 Å². The first-order valence-electron chi connectivity index (χ1n) is 6.47. The maximum absolute atomic E-state index is 14.0. The van der Waals surface area contributed by atoms with Gasteiger partial charge in [0.15, 0.2) is 0 Å². The first kappa shape index (κ1) is 13.5. The molecule has 106 valence electrons. The van der Waals surface area contributed by atoms with Gasteiger partial charge in [0, 0.05) is 11.1 Å². The maximum Gasteiger partial charge on any atom is 0.334 e. The van der Waals surface area contributed by atoms with Crippen LogP contribution in [0.2, 0.25) is 0 Å². The lowest BCUT2D eigenvalue weighted by Crippen LogP contribution is -2.09. The van der Waals surface area contributed by atoms with Gasteiger partial charge in [0.25, 0.3) is 0 Å². The minimum absolute atomic E-state index is 0.0239. The molecule has 1 aliphatic heterocycles. The third kappa shape index (κ3) is 2.33. The van der Waals surface area contributed by atoms with E-state index in [-0.39, 0.29) is 11.1 Å². The Morgan fingerprint density at radius 2 is 1.76 bits per heavy atom. The molecule has 4 heteroatoms. The monoisotopic (exact) mass is 286 g/mol. The van der Waals surface area contributed by atoms with Crippen LogP contribution < -0.4 is 0 Å². The predicted octanol–water partition coefficient (Wildman–Crippen LogP) is 3.90. The fourth-order valence-corrected chi connectivity index (χ4v) is 2.58. The van der Waals surface area contributed by atoms with Crippen molar-refractivity contribution in [3.8, 4) is 0 Å². The molecule has 2 nitrogen and oxygen atoms in total. The molecule has 2 aromatic carbocycles. The van der Waals surface area contributed by atoms with E-state index in [9.17, 15) is 13.6 Å². The molecule has 0 unspecified atom stereocenters. The Morgan fingerprint density at radius 1 is 1.05 bits per heavy atom. The SMILES string of the molecule is C=C1C(=O)O[C@H](c2cc(F)ccc2F)[C@@H]1c1ccccc1. The van der Waals surface area contributed by atoms with Crippen LogP contribution in [0.3, 0.4) is 0 Å². The van der Waals surface area contributed by atoms with Gasteiger partial charge in [0.05, 0.1) is 5.92 Å². The summed E-state index contributed by atoms with van der Waals surface area (Å²) in [6, 6.07) is 12.2. The molecule has 3 rings (SSSR count). The van der Waals surface area contributed by atoms with E-state index in [0.717, 1.165) is 23.8 Å². The van der Waals surface area contributed by atoms with Crippen LogP contribution in [-0.4, -0.2) is 5.97 Å². The number of cyclic esters (lactones) is 1. The molecule has 1 aliphatic rings. The van der Waals surface area contributed by atoms with Gasteiger partial charge in [-0.3, -0.25) is 0 Å². The number of esters is 1. The molecule has 0 radical (unpaired) electrons. The van der Waals surface area contributed by atoms with Gasteiger partial charge in [-0.2, -0.15) is 0 Å². The number of hydrogen-bond donors (Lipinski definition) is 0. The van der Waals surface area contributed by atoms with E-state index in [2.05, 4.69) is 6.58 Å². The summed E-state index contributed by atoms with van der Waals surface area (Å²) in [6.07, 6.45) is -0.900. The second-order valence-corrected chi connectivity index (χ2v) is 4.91. The molecule has 0 saturated carbocycles. The Hall–Kier alpha value is -2.49. The second-order valence-electron chi connectivity index (χ2n) is 4.91. The van der Waals surface area contributed by atoms with Gasteiger partial charge in [-0.1, -0.05) is 36.9 Å². The average Bonchev–Trinajstić information content (AvgIpc) is 2.78. The fourth-order valence-electron chi connectivity index (χ4n) is 2.58. The first-order valence-corrected chi connectivity index (χ1v) is 6.47. The largest absolute Gasteiger partial charge is 0.453 e. The van der Waals surface area contributed by atoms with Gasteiger partial charge in [-0.25, -0.2) is 13.6 Å². The van der Waals surface area contributed by atoms with Crippen LogP contribution in [-0.2, 0) is 9.53 Å². The van der Waals surface area contributed by atoms with Crippen molar-refractivity contribution in [3.05, 3.63) is 83.4 Å². The van der Waals surface area contributed by atoms with Gasteiger partial charge in [0.2, 0.25) is 0 Å². The van der Waals surface area contributed by atoms with Crippen LogP contribution in [0.4, 0.5) is 8.78 Å². The van der Waals surface area contributed by atoms with Crippen molar-refractivity contribution in [3.63, 3.8) is 0 Å². The number of benzene rings is 2. The molecular weight excluding hydrogens is 274 g/mol. The van der Waals surface area contributed by atoms with Crippen LogP contribution in [0.5, 0.6) is 0 Å². The molecule has 2 aromatic rings. The lowest BCUT2D eigenvalue weighted by Gasteiger charge is -2.19. The van der Waals surface area contributed by atoms with Crippen molar-refractivity contribution in [1.82, 2.24) is 0 Å².